The van der Waals surface area contributed by atoms with Crippen molar-refractivity contribution in [1.82, 2.24) is 10.2 Å². The smallest absolute Gasteiger partial charge is 0.166 e. The zero-order chi connectivity index (χ0) is 14.7. The number of piperazine rings is 1. The first-order chi connectivity index (χ1) is 9.50. The summed E-state index contributed by atoms with van der Waals surface area (Å²) in [6.45, 7) is 7.01. The lowest BCUT2D eigenvalue weighted by molar-refractivity contribution is 0.147. The maximum atomic E-state index is 14.1. The molecule has 1 atom stereocenters. The molecule has 1 heterocycles. The first-order valence-corrected chi connectivity index (χ1v) is 7.09. The predicted molar refractivity (Wildman–Crippen MR) is 73.0 cm³/mol. The van der Waals surface area contributed by atoms with Gasteiger partial charge in [0.25, 0.3) is 0 Å². The fourth-order valence-corrected chi connectivity index (χ4v) is 2.74. The Kier molecular flexibility index (Phi) is 5.05. The Labute approximate surface area is 118 Å². The van der Waals surface area contributed by atoms with Crippen molar-refractivity contribution < 1.29 is 13.2 Å². The third-order valence-electron chi connectivity index (χ3n) is 3.70. The summed E-state index contributed by atoms with van der Waals surface area (Å²) in [7, 11) is 0. The number of nitrogens with zero attached hydrogens (tertiary/aromatic N) is 1. The quantitative estimate of drug-likeness (QED) is 0.856. The molecule has 2 rings (SSSR count). The van der Waals surface area contributed by atoms with Crippen LogP contribution in [-0.2, 0) is 0 Å². The molecule has 1 aliphatic rings. The lowest BCUT2D eigenvalue weighted by atomic mass is 9.94. The lowest BCUT2D eigenvalue weighted by Crippen LogP contribution is -2.45. The molecule has 0 radical (unpaired) electrons. The lowest BCUT2D eigenvalue weighted by Gasteiger charge is -2.36. The van der Waals surface area contributed by atoms with Crippen molar-refractivity contribution >= 4 is 0 Å². The zero-order valence-electron chi connectivity index (χ0n) is 11.9. The summed E-state index contributed by atoms with van der Waals surface area (Å²) in [6, 6.07) is 1.45. The Morgan fingerprint density at radius 1 is 1.10 bits per heavy atom. The average Bonchev–Trinajstić information content (AvgIpc) is 2.43. The molecule has 0 bridgehead atoms. The summed E-state index contributed by atoms with van der Waals surface area (Å²) < 4.78 is 41.5. The second kappa shape index (κ2) is 6.59. The van der Waals surface area contributed by atoms with Crippen LogP contribution in [0.25, 0.3) is 0 Å². The highest BCUT2D eigenvalue weighted by Crippen LogP contribution is 2.32. The van der Waals surface area contributed by atoms with E-state index in [1.807, 2.05) is 18.7 Å². The SMILES string of the molecule is CC(C)C[C@H](c1c(F)ccc(F)c1F)N1CCNCC1. The van der Waals surface area contributed by atoms with Crippen LogP contribution in [0.1, 0.15) is 31.9 Å². The molecule has 1 fully saturated rings. The molecular formula is C15H21F3N2. The molecule has 1 aromatic carbocycles. The maximum absolute atomic E-state index is 14.1. The molecule has 0 saturated carbocycles. The summed E-state index contributed by atoms with van der Waals surface area (Å²) in [5.74, 6) is -2.41. The van der Waals surface area contributed by atoms with Crippen molar-refractivity contribution in [3.8, 4) is 0 Å². The molecule has 1 aromatic rings. The minimum atomic E-state index is -1.05. The van der Waals surface area contributed by atoms with Gasteiger partial charge in [-0.25, -0.2) is 13.2 Å². The number of nitrogens with one attached hydrogen (secondary N) is 1. The van der Waals surface area contributed by atoms with E-state index < -0.39 is 23.5 Å². The number of benzene rings is 1. The fraction of sp³-hybridized carbons (Fsp3) is 0.600. The maximum Gasteiger partial charge on any atom is 0.166 e. The molecule has 2 nitrogen and oxygen atoms in total. The summed E-state index contributed by atoms with van der Waals surface area (Å²) >= 11 is 0. The molecule has 0 aromatic heterocycles. The molecule has 0 aliphatic carbocycles. The van der Waals surface area contributed by atoms with Gasteiger partial charge in [-0.15, -0.1) is 0 Å². The standard InChI is InChI=1S/C15H21F3N2/c1-10(2)9-13(20-7-5-19-6-8-20)14-11(16)3-4-12(17)15(14)18/h3-4,10,13,19H,5-9H2,1-2H3/t13-/m1/s1. The van der Waals surface area contributed by atoms with Crippen LogP contribution in [-0.4, -0.2) is 31.1 Å². The Bertz CT molecular complexity index is 457. The van der Waals surface area contributed by atoms with Crippen molar-refractivity contribution in [1.29, 1.82) is 0 Å². The summed E-state index contributed by atoms with van der Waals surface area (Å²) in [6.07, 6.45) is 0.608. The van der Waals surface area contributed by atoms with Gasteiger partial charge in [-0.1, -0.05) is 13.8 Å². The summed E-state index contributed by atoms with van der Waals surface area (Å²) in [5, 5.41) is 3.21. The Morgan fingerprint density at radius 2 is 1.70 bits per heavy atom. The molecule has 1 aliphatic heterocycles. The highest BCUT2D eigenvalue weighted by Gasteiger charge is 2.29. The average molecular weight is 286 g/mol. The highest BCUT2D eigenvalue weighted by molar-refractivity contribution is 5.25. The second-order valence-electron chi connectivity index (χ2n) is 5.69. The van der Waals surface area contributed by atoms with Crippen molar-refractivity contribution in [2.45, 2.75) is 26.3 Å². The number of rotatable bonds is 4. The van der Waals surface area contributed by atoms with Crippen LogP contribution in [0.2, 0.25) is 0 Å². The first-order valence-electron chi connectivity index (χ1n) is 7.09. The minimum absolute atomic E-state index is 0.124. The van der Waals surface area contributed by atoms with Crippen LogP contribution in [0, 0.1) is 23.4 Å². The van der Waals surface area contributed by atoms with E-state index in [4.69, 9.17) is 0 Å². The van der Waals surface area contributed by atoms with Crippen LogP contribution in [0.3, 0.4) is 0 Å². The van der Waals surface area contributed by atoms with Crippen LogP contribution < -0.4 is 5.32 Å². The molecule has 0 unspecified atom stereocenters. The van der Waals surface area contributed by atoms with E-state index in [1.165, 1.54) is 0 Å². The fourth-order valence-electron chi connectivity index (χ4n) is 2.74. The van der Waals surface area contributed by atoms with Crippen molar-refractivity contribution in [3.05, 3.63) is 35.1 Å². The third kappa shape index (κ3) is 3.33. The van der Waals surface area contributed by atoms with Gasteiger partial charge in [0.05, 0.1) is 0 Å². The number of hydrogen-bond donors (Lipinski definition) is 1. The van der Waals surface area contributed by atoms with Crippen molar-refractivity contribution in [2.24, 2.45) is 5.92 Å². The van der Waals surface area contributed by atoms with Gasteiger partial charge in [0, 0.05) is 37.8 Å². The van der Waals surface area contributed by atoms with Crippen molar-refractivity contribution in [3.63, 3.8) is 0 Å². The molecule has 112 valence electrons. The van der Waals surface area contributed by atoms with E-state index >= 15 is 0 Å². The minimum Gasteiger partial charge on any atom is -0.314 e. The molecule has 0 spiro atoms. The van der Waals surface area contributed by atoms with Gasteiger partial charge in [-0.05, 0) is 24.5 Å². The van der Waals surface area contributed by atoms with Gasteiger partial charge in [-0.2, -0.15) is 0 Å². The van der Waals surface area contributed by atoms with E-state index in [-0.39, 0.29) is 11.5 Å². The molecule has 5 heteroatoms. The Hall–Kier alpha value is -1.07. The summed E-state index contributed by atoms with van der Waals surface area (Å²) in [5.41, 5.74) is -0.124. The molecule has 1 N–H and O–H groups in total. The van der Waals surface area contributed by atoms with E-state index in [9.17, 15) is 13.2 Å². The van der Waals surface area contributed by atoms with Gasteiger partial charge < -0.3 is 5.32 Å². The van der Waals surface area contributed by atoms with E-state index in [2.05, 4.69) is 5.32 Å². The Morgan fingerprint density at radius 3 is 2.30 bits per heavy atom. The largest absolute Gasteiger partial charge is 0.314 e. The molecular weight excluding hydrogens is 265 g/mol. The predicted octanol–water partition coefficient (Wildman–Crippen LogP) is 3.10. The van der Waals surface area contributed by atoms with E-state index in [0.717, 1.165) is 25.2 Å². The summed E-state index contributed by atoms with van der Waals surface area (Å²) in [4.78, 5) is 2.04. The first kappa shape index (κ1) is 15.3. The zero-order valence-corrected chi connectivity index (χ0v) is 11.9. The van der Waals surface area contributed by atoms with Crippen LogP contribution in [0.15, 0.2) is 12.1 Å². The number of halogens is 3. The normalized spacial score (nSPS) is 18.5. The van der Waals surface area contributed by atoms with Gasteiger partial charge in [0.2, 0.25) is 0 Å². The highest BCUT2D eigenvalue weighted by atomic mass is 19.2. The van der Waals surface area contributed by atoms with Gasteiger partial charge in [0.1, 0.15) is 5.82 Å². The molecule has 1 saturated heterocycles. The number of hydrogen-bond acceptors (Lipinski definition) is 2. The monoisotopic (exact) mass is 286 g/mol. The van der Waals surface area contributed by atoms with Crippen LogP contribution in [0.5, 0.6) is 0 Å². The topological polar surface area (TPSA) is 15.3 Å². The van der Waals surface area contributed by atoms with E-state index in [0.29, 0.717) is 19.5 Å². The molecule has 20 heavy (non-hydrogen) atoms. The van der Waals surface area contributed by atoms with E-state index in [1.54, 1.807) is 0 Å². The van der Waals surface area contributed by atoms with Gasteiger partial charge >= 0.3 is 0 Å². The van der Waals surface area contributed by atoms with Gasteiger partial charge in [-0.3, -0.25) is 4.90 Å². The van der Waals surface area contributed by atoms with Crippen LogP contribution in [0.4, 0.5) is 13.2 Å². The van der Waals surface area contributed by atoms with Crippen LogP contribution >= 0.6 is 0 Å². The van der Waals surface area contributed by atoms with Gasteiger partial charge in [0.15, 0.2) is 11.6 Å². The van der Waals surface area contributed by atoms with Crippen molar-refractivity contribution in [2.75, 3.05) is 26.2 Å². The molecule has 0 amide bonds. The third-order valence-corrected chi connectivity index (χ3v) is 3.70. The Balaban J connectivity index is 2.37. The second-order valence-corrected chi connectivity index (χ2v) is 5.69.